The Hall–Kier alpha value is -0.640. The summed E-state index contributed by atoms with van der Waals surface area (Å²) >= 11 is 2.16. The SMILES string of the molecule is C#CCCC(=O)OCC1(CI)N=N1. The number of hydrogen-bond acceptors (Lipinski definition) is 4. The van der Waals surface area contributed by atoms with Gasteiger partial charge in [0, 0.05) is 6.42 Å². The van der Waals surface area contributed by atoms with Crippen molar-refractivity contribution in [1.29, 1.82) is 0 Å². The van der Waals surface area contributed by atoms with Crippen molar-refractivity contribution in [2.45, 2.75) is 18.5 Å². The second-order valence-electron chi connectivity index (χ2n) is 2.68. The molecule has 1 rings (SSSR count). The average Bonchev–Trinajstić information content (AvgIpc) is 2.92. The van der Waals surface area contributed by atoms with Crippen LogP contribution in [0.2, 0.25) is 0 Å². The van der Waals surface area contributed by atoms with Gasteiger partial charge in [0.1, 0.15) is 6.61 Å². The molecule has 4 nitrogen and oxygen atoms in total. The van der Waals surface area contributed by atoms with Crippen LogP contribution < -0.4 is 0 Å². The highest BCUT2D eigenvalue weighted by Gasteiger charge is 2.40. The van der Waals surface area contributed by atoms with Crippen molar-refractivity contribution in [2.75, 3.05) is 11.0 Å². The third kappa shape index (κ3) is 3.30. The lowest BCUT2D eigenvalue weighted by Crippen LogP contribution is -2.23. The first-order valence-corrected chi connectivity index (χ1v) is 5.34. The lowest BCUT2D eigenvalue weighted by atomic mass is 10.3. The quantitative estimate of drug-likeness (QED) is 0.334. The van der Waals surface area contributed by atoms with Gasteiger partial charge in [-0.3, -0.25) is 4.79 Å². The van der Waals surface area contributed by atoms with Crippen molar-refractivity contribution in [1.82, 2.24) is 0 Å². The van der Waals surface area contributed by atoms with Crippen LogP contribution in [0.1, 0.15) is 12.8 Å². The van der Waals surface area contributed by atoms with Gasteiger partial charge in [-0.15, -0.1) is 12.3 Å². The topological polar surface area (TPSA) is 51.0 Å². The minimum Gasteiger partial charge on any atom is -0.461 e. The Kier molecular flexibility index (Phi) is 3.66. The van der Waals surface area contributed by atoms with Crippen LogP contribution in [0.15, 0.2) is 10.2 Å². The van der Waals surface area contributed by atoms with E-state index in [1.165, 1.54) is 0 Å². The Bertz CT molecular complexity index is 264. The van der Waals surface area contributed by atoms with Crippen molar-refractivity contribution in [3.63, 3.8) is 0 Å². The molecule has 0 radical (unpaired) electrons. The normalized spacial score (nSPS) is 16.3. The first-order valence-electron chi connectivity index (χ1n) is 3.81. The Labute approximate surface area is 90.3 Å². The van der Waals surface area contributed by atoms with E-state index in [-0.39, 0.29) is 19.0 Å². The van der Waals surface area contributed by atoms with Crippen LogP contribution in [0, 0.1) is 12.3 Å². The van der Waals surface area contributed by atoms with Gasteiger partial charge in [0.2, 0.25) is 5.66 Å². The molecule has 0 fully saturated rings. The van der Waals surface area contributed by atoms with Gasteiger partial charge >= 0.3 is 5.97 Å². The van der Waals surface area contributed by atoms with Gasteiger partial charge in [0.15, 0.2) is 0 Å². The summed E-state index contributed by atoms with van der Waals surface area (Å²) in [6.07, 6.45) is 5.69. The van der Waals surface area contributed by atoms with E-state index < -0.39 is 5.66 Å². The first-order chi connectivity index (χ1) is 6.22. The number of nitrogens with zero attached hydrogens (tertiary/aromatic N) is 2. The summed E-state index contributed by atoms with van der Waals surface area (Å²) in [5, 5.41) is 7.61. The number of carbonyl (C=O) groups is 1. The van der Waals surface area contributed by atoms with E-state index >= 15 is 0 Å². The van der Waals surface area contributed by atoms with E-state index in [4.69, 9.17) is 11.2 Å². The van der Waals surface area contributed by atoms with Gasteiger partial charge in [-0.05, 0) is 0 Å². The fourth-order valence-electron chi connectivity index (χ4n) is 0.663. The molecule has 0 aliphatic carbocycles. The van der Waals surface area contributed by atoms with Crippen molar-refractivity contribution in [3.05, 3.63) is 0 Å². The maximum Gasteiger partial charge on any atom is 0.306 e. The van der Waals surface area contributed by atoms with Gasteiger partial charge in [-0.25, -0.2) is 0 Å². The molecule has 0 atom stereocenters. The maximum atomic E-state index is 11.0. The summed E-state index contributed by atoms with van der Waals surface area (Å²) < 4.78 is 5.68. The predicted molar refractivity (Wildman–Crippen MR) is 55.5 cm³/mol. The third-order valence-corrected chi connectivity index (χ3v) is 2.76. The molecule has 0 saturated carbocycles. The van der Waals surface area contributed by atoms with Crippen LogP contribution in [0.4, 0.5) is 0 Å². The molecule has 1 aliphatic rings. The smallest absolute Gasteiger partial charge is 0.306 e. The predicted octanol–water partition coefficient (Wildman–Crippen LogP) is 1.54. The first kappa shape index (κ1) is 10.4. The highest BCUT2D eigenvalue weighted by atomic mass is 127. The molecular weight excluding hydrogens is 283 g/mol. The molecule has 0 bridgehead atoms. The van der Waals surface area contributed by atoms with Gasteiger partial charge in [0.05, 0.1) is 10.8 Å². The zero-order chi connectivity index (χ0) is 9.73. The van der Waals surface area contributed by atoms with Crippen LogP contribution in [0.5, 0.6) is 0 Å². The zero-order valence-corrected chi connectivity index (χ0v) is 9.15. The Morgan fingerprint density at radius 3 is 2.77 bits per heavy atom. The van der Waals surface area contributed by atoms with Crippen LogP contribution >= 0.6 is 22.6 Å². The van der Waals surface area contributed by atoms with Gasteiger partial charge in [-0.2, -0.15) is 10.2 Å². The Morgan fingerprint density at radius 1 is 1.62 bits per heavy atom. The highest BCUT2D eigenvalue weighted by Crippen LogP contribution is 2.30. The molecule has 1 aliphatic heterocycles. The molecule has 5 heteroatoms. The molecule has 0 unspecified atom stereocenters. The monoisotopic (exact) mass is 292 g/mol. The molecule has 1 heterocycles. The van der Waals surface area contributed by atoms with Gasteiger partial charge in [-0.1, -0.05) is 22.6 Å². The molecule has 13 heavy (non-hydrogen) atoms. The summed E-state index contributed by atoms with van der Waals surface area (Å²) in [5.41, 5.74) is -0.438. The molecule has 0 saturated heterocycles. The summed E-state index contributed by atoms with van der Waals surface area (Å²) in [6, 6.07) is 0. The Morgan fingerprint density at radius 2 is 2.31 bits per heavy atom. The number of esters is 1. The van der Waals surface area contributed by atoms with E-state index in [9.17, 15) is 4.79 Å². The van der Waals surface area contributed by atoms with Crippen molar-refractivity contribution >= 4 is 28.6 Å². The number of halogens is 1. The fourth-order valence-corrected chi connectivity index (χ4v) is 1.19. The van der Waals surface area contributed by atoms with E-state index in [2.05, 4.69) is 38.7 Å². The molecule has 0 amide bonds. The number of hydrogen-bond donors (Lipinski definition) is 0. The highest BCUT2D eigenvalue weighted by molar-refractivity contribution is 14.1. The minimum absolute atomic E-state index is 0.249. The number of alkyl halides is 1. The van der Waals surface area contributed by atoms with Crippen LogP contribution in [0.25, 0.3) is 0 Å². The lowest BCUT2D eigenvalue weighted by Gasteiger charge is -2.06. The summed E-state index contributed by atoms with van der Waals surface area (Å²) in [4.78, 5) is 11.0. The third-order valence-electron chi connectivity index (χ3n) is 1.53. The standard InChI is InChI=1S/C8H9IN2O2/c1-2-3-4-7(12)13-6-8(5-9)10-11-8/h1H,3-6H2. The van der Waals surface area contributed by atoms with E-state index in [1.807, 2.05) is 0 Å². The number of terminal acetylenes is 1. The molecule has 0 aromatic carbocycles. The molecule has 0 N–H and O–H groups in total. The number of carbonyl (C=O) groups excluding carboxylic acids is 1. The van der Waals surface area contributed by atoms with Crippen molar-refractivity contribution in [3.8, 4) is 12.3 Å². The zero-order valence-electron chi connectivity index (χ0n) is 6.99. The maximum absolute atomic E-state index is 11.0. The number of ether oxygens (including phenoxy) is 1. The summed E-state index contributed by atoms with van der Waals surface area (Å²) in [7, 11) is 0. The van der Waals surface area contributed by atoms with Crippen LogP contribution in [-0.2, 0) is 9.53 Å². The average molecular weight is 292 g/mol. The Balaban J connectivity index is 2.12. The molecular formula is C8H9IN2O2. The number of rotatable bonds is 5. The van der Waals surface area contributed by atoms with Crippen molar-refractivity contribution in [2.24, 2.45) is 10.2 Å². The van der Waals surface area contributed by atoms with Gasteiger partial charge in [0.25, 0.3) is 0 Å². The van der Waals surface area contributed by atoms with Gasteiger partial charge < -0.3 is 4.74 Å². The second-order valence-corrected chi connectivity index (χ2v) is 3.44. The lowest BCUT2D eigenvalue weighted by molar-refractivity contribution is -0.144. The van der Waals surface area contributed by atoms with E-state index in [0.717, 1.165) is 4.43 Å². The summed E-state index contributed by atoms with van der Waals surface area (Å²) in [5.74, 6) is 2.10. The van der Waals surface area contributed by atoms with Crippen LogP contribution in [0.3, 0.4) is 0 Å². The second kappa shape index (κ2) is 4.56. The minimum atomic E-state index is -0.438. The molecule has 0 aromatic heterocycles. The van der Waals surface area contributed by atoms with E-state index in [1.54, 1.807) is 0 Å². The largest absolute Gasteiger partial charge is 0.461 e. The van der Waals surface area contributed by atoms with E-state index in [0.29, 0.717) is 6.42 Å². The summed E-state index contributed by atoms with van der Waals surface area (Å²) in [6.45, 7) is 0.249. The fraction of sp³-hybridized carbons (Fsp3) is 0.625. The van der Waals surface area contributed by atoms with Crippen molar-refractivity contribution < 1.29 is 9.53 Å². The molecule has 70 valence electrons. The van der Waals surface area contributed by atoms with Crippen LogP contribution in [-0.4, -0.2) is 22.7 Å². The molecule has 0 spiro atoms. The molecule has 0 aromatic rings.